The lowest BCUT2D eigenvalue weighted by Crippen LogP contribution is -2.15. The van der Waals surface area contributed by atoms with E-state index in [1.165, 1.54) is 6.08 Å². The number of aromatic amines is 1. The first kappa shape index (κ1) is 14.3. The Hall–Kier alpha value is -2.63. The summed E-state index contributed by atoms with van der Waals surface area (Å²) in [7, 11) is 0. The topological polar surface area (TPSA) is 82.2 Å². The van der Waals surface area contributed by atoms with E-state index >= 15 is 0 Å². The number of alkyl halides is 1. The van der Waals surface area contributed by atoms with Crippen molar-refractivity contribution in [3.8, 4) is 0 Å². The SMILES string of the molecule is Cc1[nH]c(C=C2C(=O)NC3=C2CC(F)C=C3)c(C)c1C(=O)O. The second kappa shape index (κ2) is 4.98. The van der Waals surface area contributed by atoms with Gasteiger partial charge in [0.25, 0.3) is 5.91 Å². The zero-order chi connectivity index (χ0) is 16.0. The van der Waals surface area contributed by atoms with E-state index in [0.717, 1.165) is 0 Å². The molecule has 3 rings (SSSR count). The summed E-state index contributed by atoms with van der Waals surface area (Å²) in [5, 5.41) is 11.9. The van der Waals surface area contributed by atoms with Crippen LogP contribution < -0.4 is 5.32 Å². The van der Waals surface area contributed by atoms with Gasteiger partial charge in [0.15, 0.2) is 0 Å². The maximum atomic E-state index is 13.5. The van der Waals surface area contributed by atoms with Crippen LogP contribution in [0.2, 0.25) is 0 Å². The number of allylic oxidation sites excluding steroid dienone is 2. The zero-order valence-corrected chi connectivity index (χ0v) is 12.2. The molecule has 2 aliphatic rings. The molecule has 0 fully saturated rings. The standard InChI is InChI=1S/C16H15FN2O3/c1-7-13(18-8(2)14(7)16(21)22)6-11-10-5-9(17)3-4-12(10)19-15(11)20/h3-4,6,9,18H,5H2,1-2H3,(H,19,20)(H,21,22). The van der Waals surface area contributed by atoms with Crippen molar-refractivity contribution >= 4 is 18.0 Å². The van der Waals surface area contributed by atoms with E-state index in [0.29, 0.717) is 33.8 Å². The number of carbonyl (C=O) groups is 2. The molecule has 1 unspecified atom stereocenters. The van der Waals surface area contributed by atoms with Crippen molar-refractivity contribution in [2.45, 2.75) is 26.4 Å². The fourth-order valence-electron chi connectivity index (χ4n) is 2.91. The molecule has 1 aliphatic heterocycles. The monoisotopic (exact) mass is 302 g/mol. The predicted molar refractivity (Wildman–Crippen MR) is 79.0 cm³/mol. The van der Waals surface area contributed by atoms with Gasteiger partial charge in [-0.3, -0.25) is 4.79 Å². The lowest BCUT2D eigenvalue weighted by molar-refractivity contribution is -0.115. The van der Waals surface area contributed by atoms with E-state index in [4.69, 9.17) is 0 Å². The summed E-state index contributed by atoms with van der Waals surface area (Å²) in [6.45, 7) is 3.35. The minimum atomic E-state index is -1.11. The van der Waals surface area contributed by atoms with Gasteiger partial charge in [-0.1, -0.05) is 0 Å². The number of amides is 1. The third kappa shape index (κ3) is 2.16. The van der Waals surface area contributed by atoms with Crippen LogP contribution in [0.5, 0.6) is 0 Å². The second-order valence-corrected chi connectivity index (χ2v) is 5.45. The lowest BCUT2D eigenvalue weighted by Gasteiger charge is -2.11. The van der Waals surface area contributed by atoms with Crippen LogP contribution in [-0.2, 0) is 4.79 Å². The number of hydrogen-bond donors (Lipinski definition) is 3. The van der Waals surface area contributed by atoms with Gasteiger partial charge in [0, 0.05) is 29.1 Å². The van der Waals surface area contributed by atoms with Crippen LogP contribution >= 0.6 is 0 Å². The quantitative estimate of drug-likeness (QED) is 0.734. The number of aromatic nitrogens is 1. The molecule has 0 aromatic carbocycles. The highest BCUT2D eigenvalue weighted by Gasteiger charge is 2.30. The summed E-state index contributed by atoms with van der Waals surface area (Å²) in [4.78, 5) is 26.3. The van der Waals surface area contributed by atoms with Crippen LogP contribution in [0.25, 0.3) is 6.08 Å². The Labute approximate surface area is 126 Å². The van der Waals surface area contributed by atoms with Gasteiger partial charge >= 0.3 is 5.97 Å². The van der Waals surface area contributed by atoms with Crippen LogP contribution in [-0.4, -0.2) is 28.1 Å². The van der Waals surface area contributed by atoms with Crippen LogP contribution in [0.1, 0.15) is 33.7 Å². The first-order valence-corrected chi connectivity index (χ1v) is 6.89. The number of carbonyl (C=O) groups excluding carboxylic acids is 1. The summed E-state index contributed by atoms with van der Waals surface area (Å²) >= 11 is 0. The minimum Gasteiger partial charge on any atom is -0.478 e. The zero-order valence-electron chi connectivity index (χ0n) is 12.2. The minimum absolute atomic E-state index is 0.140. The Morgan fingerprint density at radius 2 is 2.18 bits per heavy atom. The third-order valence-electron chi connectivity index (χ3n) is 3.99. The molecular weight excluding hydrogens is 287 g/mol. The molecule has 0 bridgehead atoms. The molecule has 0 radical (unpaired) electrons. The summed E-state index contributed by atoms with van der Waals surface area (Å²) < 4.78 is 13.5. The highest BCUT2D eigenvalue weighted by atomic mass is 19.1. The molecule has 1 amide bonds. The summed E-state index contributed by atoms with van der Waals surface area (Å²) in [5.41, 5.74) is 3.46. The van der Waals surface area contributed by atoms with E-state index in [9.17, 15) is 19.1 Å². The van der Waals surface area contributed by atoms with E-state index in [-0.39, 0.29) is 17.9 Å². The maximum Gasteiger partial charge on any atom is 0.337 e. The number of rotatable bonds is 2. The van der Waals surface area contributed by atoms with Crippen molar-refractivity contribution in [3.05, 3.63) is 51.5 Å². The molecule has 3 N–H and O–H groups in total. The molecule has 1 aromatic heterocycles. The summed E-state index contributed by atoms with van der Waals surface area (Å²) in [5.74, 6) is -1.32. The fraction of sp³-hybridized carbons (Fsp3) is 0.250. The molecule has 0 saturated heterocycles. The molecule has 2 heterocycles. The van der Waals surface area contributed by atoms with Crippen molar-refractivity contribution in [1.82, 2.24) is 10.3 Å². The normalized spacial score (nSPS) is 22.2. The van der Waals surface area contributed by atoms with E-state index in [1.807, 2.05) is 0 Å². The molecule has 5 nitrogen and oxygen atoms in total. The van der Waals surface area contributed by atoms with Gasteiger partial charge in [0.2, 0.25) is 0 Å². The molecule has 0 saturated carbocycles. The number of aryl methyl sites for hydroxylation is 1. The summed E-state index contributed by atoms with van der Waals surface area (Å²) in [6.07, 6.45) is 3.60. The number of carboxylic acids is 1. The molecule has 1 aromatic rings. The van der Waals surface area contributed by atoms with Crippen molar-refractivity contribution in [2.75, 3.05) is 0 Å². The van der Waals surface area contributed by atoms with Crippen molar-refractivity contribution in [1.29, 1.82) is 0 Å². The second-order valence-electron chi connectivity index (χ2n) is 5.45. The van der Waals surface area contributed by atoms with E-state index < -0.39 is 12.1 Å². The van der Waals surface area contributed by atoms with Gasteiger partial charge in [0.05, 0.1) is 5.56 Å². The smallest absolute Gasteiger partial charge is 0.337 e. The largest absolute Gasteiger partial charge is 0.478 e. The number of halogens is 1. The molecule has 0 spiro atoms. The Balaban J connectivity index is 2.07. The first-order chi connectivity index (χ1) is 10.4. The maximum absolute atomic E-state index is 13.5. The number of carboxylic acid groups (broad SMARTS) is 1. The van der Waals surface area contributed by atoms with Gasteiger partial charge in [-0.05, 0) is 43.2 Å². The number of aromatic carboxylic acids is 1. The average Bonchev–Trinajstić information content (AvgIpc) is 2.88. The Bertz CT molecular complexity index is 784. The first-order valence-electron chi connectivity index (χ1n) is 6.89. The molecule has 114 valence electrons. The highest BCUT2D eigenvalue weighted by molar-refractivity contribution is 6.07. The van der Waals surface area contributed by atoms with Crippen LogP contribution in [0.15, 0.2) is 29.0 Å². The van der Waals surface area contributed by atoms with Gasteiger partial charge in [0.1, 0.15) is 6.17 Å². The molecule has 6 heteroatoms. The number of nitrogens with one attached hydrogen (secondary N) is 2. The predicted octanol–water partition coefficient (Wildman–Crippen LogP) is 2.40. The molecule has 1 aliphatic carbocycles. The molecule has 22 heavy (non-hydrogen) atoms. The average molecular weight is 302 g/mol. The van der Waals surface area contributed by atoms with Crippen LogP contribution in [0.4, 0.5) is 4.39 Å². The van der Waals surface area contributed by atoms with Crippen molar-refractivity contribution in [3.63, 3.8) is 0 Å². The highest BCUT2D eigenvalue weighted by Crippen LogP contribution is 2.33. The van der Waals surface area contributed by atoms with Crippen molar-refractivity contribution < 1.29 is 19.1 Å². The molecular formula is C16H15FN2O3. The van der Waals surface area contributed by atoms with Gasteiger partial charge < -0.3 is 15.4 Å². The van der Waals surface area contributed by atoms with Gasteiger partial charge in [-0.2, -0.15) is 0 Å². The fourth-order valence-corrected chi connectivity index (χ4v) is 2.91. The van der Waals surface area contributed by atoms with E-state index in [1.54, 1.807) is 26.0 Å². The third-order valence-corrected chi connectivity index (χ3v) is 3.99. The van der Waals surface area contributed by atoms with Crippen LogP contribution in [0.3, 0.4) is 0 Å². The Morgan fingerprint density at radius 3 is 2.82 bits per heavy atom. The number of H-pyrrole nitrogens is 1. The number of hydrogen-bond acceptors (Lipinski definition) is 2. The Morgan fingerprint density at radius 1 is 1.45 bits per heavy atom. The molecule has 1 atom stereocenters. The summed E-state index contributed by atoms with van der Waals surface area (Å²) in [6, 6.07) is 0. The van der Waals surface area contributed by atoms with Gasteiger partial charge in [-0.15, -0.1) is 0 Å². The van der Waals surface area contributed by atoms with Crippen molar-refractivity contribution in [2.24, 2.45) is 0 Å². The van der Waals surface area contributed by atoms with Gasteiger partial charge in [-0.25, -0.2) is 9.18 Å². The van der Waals surface area contributed by atoms with Crippen LogP contribution in [0, 0.1) is 13.8 Å². The van der Waals surface area contributed by atoms with E-state index in [2.05, 4.69) is 10.3 Å². The lowest BCUT2D eigenvalue weighted by atomic mass is 9.95. The Kier molecular flexibility index (Phi) is 3.24.